The Bertz CT molecular complexity index is 424. The first kappa shape index (κ1) is 15.5. The van der Waals surface area contributed by atoms with E-state index in [1.54, 1.807) is 0 Å². The van der Waals surface area contributed by atoms with Gasteiger partial charge in [-0.3, -0.25) is 4.79 Å². The Kier molecular flexibility index (Phi) is 4.56. The molecule has 0 fully saturated rings. The number of amides is 1. The number of hydrogen-bond acceptors (Lipinski definition) is 3. The molecule has 106 valence electrons. The van der Waals surface area contributed by atoms with Crippen LogP contribution in [-0.2, 0) is 10.2 Å². The summed E-state index contributed by atoms with van der Waals surface area (Å²) in [6.07, 6.45) is 1.85. The third-order valence-electron chi connectivity index (χ3n) is 2.57. The first-order valence-corrected chi connectivity index (χ1v) is 6.59. The SMILES string of the molecule is CC(C)(C)NC(=O)CNc1ccc(C(C)(C)C)cn1. The molecule has 0 unspecified atom stereocenters. The van der Waals surface area contributed by atoms with Crippen molar-refractivity contribution in [1.29, 1.82) is 0 Å². The average Bonchev–Trinajstić information content (AvgIpc) is 2.23. The molecule has 0 aliphatic carbocycles. The second kappa shape index (κ2) is 5.59. The van der Waals surface area contributed by atoms with Crippen LogP contribution in [0.25, 0.3) is 0 Å². The lowest BCUT2D eigenvalue weighted by molar-refractivity contribution is -0.120. The molecule has 4 nitrogen and oxygen atoms in total. The lowest BCUT2D eigenvalue weighted by Gasteiger charge is -2.21. The van der Waals surface area contributed by atoms with Crippen molar-refractivity contribution in [3.8, 4) is 0 Å². The monoisotopic (exact) mass is 263 g/mol. The highest BCUT2D eigenvalue weighted by molar-refractivity contribution is 5.81. The van der Waals surface area contributed by atoms with Crippen molar-refractivity contribution in [2.24, 2.45) is 0 Å². The van der Waals surface area contributed by atoms with Gasteiger partial charge in [0, 0.05) is 11.7 Å². The Hall–Kier alpha value is -1.58. The minimum Gasteiger partial charge on any atom is -0.361 e. The Morgan fingerprint density at radius 3 is 2.21 bits per heavy atom. The number of hydrogen-bond donors (Lipinski definition) is 2. The van der Waals surface area contributed by atoms with Crippen molar-refractivity contribution in [2.45, 2.75) is 52.5 Å². The van der Waals surface area contributed by atoms with Gasteiger partial charge in [0.25, 0.3) is 0 Å². The van der Waals surface area contributed by atoms with Crippen LogP contribution in [0.5, 0.6) is 0 Å². The molecule has 1 amide bonds. The number of nitrogens with one attached hydrogen (secondary N) is 2. The largest absolute Gasteiger partial charge is 0.361 e. The van der Waals surface area contributed by atoms with Gasteiger partial charge in [0.05, 0.1) is 6.54 Å². The van der Waals surface area contributed by atoms with Crippen LogP contribution in [0.1, 0.15) is 47.1 Å². The number of aromatic nitrogens is 1. The average molecular weight is 263 g/mol. The zero-order chi connectivity index (χ0) is 14.7. The van der Waals surface area contributed by atoms with E-state index in [4.69, 9.17) is 0 Å². The maximum Gasteiger partial charge on any atom is 0.239 e. The van der Waals surface area contributed by atoms with Crippen LogP contribution in [0.15, 0.2) is 18.3 Å². The molecule has 0 aliphatic rings. The van der Waals surface area contributed by atoms with Gasteiger partial charge in [-0.2, -0.15) is 0 Å². The number of pyridine rings is 1. The highest BCUT2D eigenvalue weighted by atomic mass is 16.2. The van der Waals surface area contributed by atoms with E-state index in [-0.39, 0.29) is 23.4 Å². The van der Waals surface area contributed by atoms with E-state index in [1.807, 2.05) is 39.1 Å². The number of anilines is 1. The van der Waals surface area contributed by atoms with Gasteiger partial charge in [-0.15, -0.1) is 0 Å². The molecule has 0 radical (unpaired) electrons. The van der Waals surface area contributed by atoms with Crippen molar-refractivity contribution in [1.82, 2.24) is 10.3 Å². The minimum atomic E-state index is -0.206. The van der Waals surface area contributed by atoms with Crippen LogP contribution in [0.2, 0.25) is 0 Å². The van der Waals surface area contributed by atoms with Crippen molar-refractivity contribution >= 4 is 11.7 Å². The number of nitrogens with zero attached hydrogens (tertiary/aromatic N) is 1. The predicted octanol–water partition coefficient (Wildman–Crippen LogP) is 2.71. The maximum atomic E-state index is 11.7. The van der Waals surface area contributed by atoms with Gasteiger partial charge in [0.2, 0.25) is 5.91 Å². The van der Waals surface area contributed by atoms with E-state index >= 15 is 0 Å². The Balaban J connectivity index is 2.53. The van der Waals surface area contributed by atoms with Crippen molar-refractivity contribution < 1.29 is 4.79 Å². The third-order valence-corrected chi connectivity index (χ3v) is 2.57. The van der Waals surface area contributed by atoms with Crippen molar-refractivity contribution in [3.05, 3.63) is 23.9 Å². The summed E-state index contributed by atoms with van der Waals surface area (Å²) in [5, 5.41) is 5.92. The molecule has 2 N–H and O–H groups in total. The molecule has 1 heterocycles. The van der Waals surface area contributed by atoms with Crippen LogP contribution < -0.4 is 10.6 Å². The van der Waals surface area contributed by atoms with E-state index in [9.17, 15) is 4.79 Å². The number of carbonyl (C=O) groups excluding carboxylic acids is 1. The fourth-order valence-electron chi connectivity index (χ4n) is 1.58. The Labute approximate surface area is 116 Å². The van der Waals surface area contributed by atoms with Crippen LogP contribution in [0.3, 0.4) is 0 Å². The summed E-state index contributed by atoms with van der Waals surface area (Å²) < 4.78 is 0. The van der Waals surface area contributed by atoms with Gasteiger partial charge in [-0.05, 0) is 37.8 Å². The molecule has 0 saturated carbocycles. The van der Waals surface area contributed by atoms with E-state index in [2.05, 4.69) is 36.4 Å². The summed E-state index contributed by atoms with van der Waals surface area (Å²) in [4.78, 5) is 16.0. The lowest BCUT2D eigenvalue weighted by Crippen LogP contribution is -2.43. The van der Waals surface area contributed by atoms with E-state index in [1.165, 1.54) is 5.56 Å². The zero-order valence-electron chi connectivity index (χ0n) is 12.8. The van der Waals surface area contributed by atoms with Gasteiger partial charge < -0.3 is 10.6 Å². The van der Waals surface area contributed by atoms with Gasteiger partial charge in [0.15, 0.2) is 0 Å². The van der Waals surface area contributed by atoms with E-state index in [0.717, 1.165) is 5.82 Å². The Morgan fingerprint density at radius 1 is 1.16 bits per heavy atom. The molecule has 0 bridgehead atoms. The molecule has 0 aromatic carbocycles. The number of carbonyl (C=O) groups is 1. The van der Waals surface area contributed by atoms with Crippen LogP contribution >= 0.6 is 0 Å². The Morgan fingerprint density at radius 2 is 1.79 bits per heavy atom. The van der Waals surface area contributed by atoms with Crippen molar-refractivity contribution in [2.75, 3.05) is 11.9 Å². The van der Waals surface area contributed by atoms with E-state index in [0.29, 0.717) is 0 Å². The molecular formula is C15H25N3O. The fraction of sp³-hybridized carbons (Fsp3) is 0.600. The third kappa shape index (κ3) is 5.73. The molecule has 19 heavy (non-hydrogen) atoms. The number of rotatable bonds is 3. The topological polar surface area (TPSA) is 54.0 Å². The maximum absolute atomic E-state index is 11.7. The molecule has 0 atom stereocenters. The standard InChI is InChI=1S/C15H25N3O/c1-14(2,3)11-7-8-12(16-9-11)17-10-13(19)18-15(4,5)6/h7-9H,10H2,1-6H3,(H,16,17)(H,18,19). The summed E-state index contributed by atoms with van der Waals surface area (Å²) in [6, 6.07) is 3.95. The summed E-state index contributed by atoms with van der Waals surface area (Å²) in [7, 11) is 0. The second-order valence-corrected chi connectivity index (χ2v) is 6.83. The molecule has 1 aromatic rings. The molecule has 0 aliphatic heterocycles. The van der Waals surface area contributed by atoms with Crippen LogP contribution in [0, 0.1) is 0 Å². The highest BCUT2D eigenvalue weighted by Crippen LogP contribution is 2.21. The van der Waals surface area contributed by atoms with Crippen LogP contribution in [-0.4, -0.2) is 23.0 Å². The predicted molar refractivity (Wildman–Crippen MR) is 79.3 cm³/mol. The molecule has 4 heteroatoms. The quantitative estimate of drug-likeness (QED) is 0.881. The lowest BCUT2D eigenvalue weighted by atomic mass is 9.88. The fourth-order valence-corrected chi connectivity index (χ4v) is 1.58. The summed E-state index contributed by atoms with van der Waals surface area (Å²) in [5.74, 6) is 0.686. The molecule has 1 aromatic heterocycles. The van der Waals surface area contributed by atoms with Gasteiger partial charge >= 0.3 is 0 Å². The first-order chi connectivity index (χ1) is 8.58. The minimum absolute atomic E-state index is 0.0332. The van der Waals surface area contributed by atoms with Gasteiger partial charge in [0.1, 0.15) is 5.82 Å². The molecule has 0 spiro atoms. The van der Waals surface area contributed by atoms with Crippen LogP contribution in [0.4, 0.5) is 5.82 Å². The van der Waals surface area contributed by atoms with E-state index < -0.39 is 0 Å². The zero-order valence-corrected chi connectivity index (χ0v) is 12.8. The van der Waals surface area contributed by atoms with Crippen molar-refractivity contribution in [3.63, 3.8) is 0 Å². The summed E-state index contributed by atoms with van der Waals surface area (Å²) in [6.45, 7) is 12.6. The highest BCUT2D eigenvalue weighted by Gasteiger charge is 2.15. The normalized spacial score (nSPS) is 12.1. The second-order valence-electron chi connectivity index (χ2n) is 6.83. The first-order valence-electron chi connectivity index (χ1n) is 6.59. The molecule has 1 rings (SSSR count). The molecular weight excluding hydrogens is 238 g/mol. The summed E-state index contributed by atoms with van der Waals surface area (Å²) in [5.41, 5.74) is 1.06. The molecule has 0 saturated heterocycles. The summed E-state index contributed by atoms with van der Waals surface area (Å²) >= 11 is 0. The van der Waals surface area contributed by atoms with Gasteiger partial charge in [-0.25, -0.2) is 4.98 Å². The van der Waals surface area contributed by atoms with Gasteiger partial charge in [-0.1, -0.05) is 26.8 Å². The smallest absolute Gasteiger partial charge is 0.239 e.